The van der Waals surface area contributed by atoms with Crippen LogP contribution in [0.15, 0.2) is 29.3 Å². The second kappa shape index (κ2) is 6.96. The molecule has 0 saturated carbocycles. The van der Waals surface area contributed by atoms with Crippen LogP contribution in [0, 0.1) is 0 Å². The van der Waals surface area contributed by atoms with Crippen molar-refractivity contribution in [1.29, 1.82) is 0 Å². The largest absolute Gasteiger partial charge is 0.356 e. The minimum atomic E-state index is 0. The molecule has 0 saturated heterocycles. The number of nitrogens with zero attached hydrogens (tertiary/aromatic N) is 1. The molecule has 3 nitrogen and oxygen atoms in total. The van der Waals surface area contributed by atoms with Crippen LogP contribution in [0.5, 0.6) is 0 Å². The van der Waals surface area contributed by atoms with E-state index in [0.717, 1.165) is 36.1 Å². The first-order valence-corrected chi connectivity index (χ1v) is 5.49. The van der Waals surface area contributed by atoms with Gasteiger partial charge in [0.25, 0.3) is 0 Å². The van der Waals surface area contributed by atoms with Crippen LogP contribution in [0.3, 0.4) is 0 Å². The van der Waals surface area contributed by atoms with Gasteiger partial charge in [-0.25, -0.2) is 0 Å². The van der Waals surface area contributed by atoms with Crippen molar-refractivity contribution in [2.45, 2.75) is 13.0 Å². The third-order valence-electron chi connectivity index (χ3n) is 2.30. The van der Waals surface area contributed by atoms with Crippen molar-refractivity contribution in [2.75, 3.05) is 13.1 Å². The number of aliphatic imine (C=N–C) groups is 1. The molecule has 0 unspecified atom stereocenters. The highest BCUT2D eigenvalue weighted by atomic mass is 127. The van der Waals surface area contributed by atoms with Gasteiger partial charge in [-0.05, 0) is 18.1 Å². The van der Waals surface area contributed by atoms with Crippen molar-refractivity contribution < 1.29 is 0 Å². The number of halogens is 2. The number of benzene rings is 1. The van der Waals surface area contributed by atoms with E-state index in [1.165, 1.54) is 0 Å². The molecule has 0 radical (unpaired) electrons. The minimum Gasteiger partial charge on any atom is -0.356 e. The van der Waals surface area contributed by atoms with E-state index in [0.29, 0.717) is 6.54 Å². The van der Waals surface area contributed by atoms with E-state index in [-0.39, 0.29) is 24.0 Å². The van der Waals surface area contributed by atoms with Crippen LogP contribution in [-0.2, 0) is 6.54 Å². The molecule has 1 aliphatic heterocycles. The molecule has 5 heteroatoms. The molecular weight excluding hydrogens is 336 g/mol. The summed E-state index contributed by atoms with van der Waals surface area (Å²) in [5.74, 6) is 0.876. The molecule has 0 aromatic heterocycles. The van der Waals surface area contributed by atoms with Gasteiger partial charge in [0.1, 0.15) is 0 Å². The van der Waals surface area contributed by atoms with Crippen LogP contribution < -0.4 is 10.6 Å². The van der Waals surface area contributed by atoms with E-state index in [4.69, 9.17) is 11.6 Å². The van der Waals surface area contributed by atoms with E-state index in [1.807, 2.05) is 24.3 Å². The molecule has 1 aromatic rings. The molecule has 1 heterocycles. The zero-order chi connectivity index (χ0) is 10.5. The second-order valence-electron chi connectivity index (χ2n) is 3.46. The lowest BCUT2D eigenvalue weighted by Gasteiger charge is -2.16. The highest BCUT2D eigenvalue weighted by Crippen LogP contribution is 2.14. The van der Waals surface area contributed by atoms with Crippen LogP contribution in [0.25, 0.3) is 0 Å². The van der Waals surface area contributed by atoms with Gasteiger partial charge in [0, 0.05) is 24.7 Å². The van der Waals surface area contributed by atoms with Crippen LogP contribution in [-0.4, -0.2) is 19.0 Å². The number of hydrogen-bond donors (Lipinski definition) is 2. The summed E-state index contributed by atoms with van der Waals surface area (Å²) in [5.41, 5.74) is 1.09. The monoisotopic (exact) mass is 351 g/mol. The summed E-state index contributed by atoms with van der Waals surface area (Å²) in [7, 11) is 0. The summed E-state index contributed by atoms with van der Waals surface area (Å²) in [4.78, 5) is 4.33. The lowest BCUT2D eigenvalue weighted by atomic mass is 10.2. The van der Waals surface area contributed by atoms with Gasteiger partial charge in [-0.1, -0.05) is 29.8 Å². The number of guanidine groups is 1. The van der Waals surface area contributed by atoms with Gasteiger partial charge < -0.3 is 10.6 Å². The van der Waals surface area contributed by atoms with Crippen LogP contribution >= 0.6 is 35.6 Å². The Bertz CT molecular complexity index is 368. The standard InChI is InChI=1S/C11H14ClN3.HI/c12-10-5-2-1-4-9(10)8-15-11-13-6-3-7-14-11;/h1-2,4-5H,3,6-8H2,(H2,13,14,15);1H. The Morgan fingerprint density at radius 3 is 2.88 bits per heavy atom. The van der Waals surface area contributed by atoms with Crippen molar-refractivity contribution in [2.24, 2.45) is 4.99 Å². The fourth-order valence-corrected chi connectivity index (χ4v) is 1.67. The smallest absolute Gasteiger partial charge is 0.191 e. The normalized spacial score (nSPS) is 14.4. The Kier molecular flexibility index (Phi) is 5.90. The topological polar surface area (TPSA) is 36.4 Å². The summed E-state index contributed by atoms with van der Waals surface area (Å²) in [6.45, 7) is 2.61. The minimum absolute atomic E-state index is 0. The van der Waals surface area contributed by atoms with Gasteiger partial charge in [0.2, 0.25) is 0 Å². The molecule has 1 aromatic carbocycles. The third-order valence-corrected chi connectivity index (χ3v) is 2.67. The fourth-order valence-electron chi connectivity index (χ4n) is 1.47. The van der Waals surface area contributed by atoms with Crippen LogP contribution in [0.4, 0.5) is 0 Å². The predicted molar refractivity (Wildman–Crippen MR) is 78.6 cm³/mol. The molecule has 1 aliphatic rings. The van der Waals surface area contributed by atoms with Gasteiger partial charge in [-0.3, -0.25) is 4.99 Å². The average Bonchev–Trinajstić information content (AvgIpc) is 2.29. The van der Waals surface area contributed by atoms with E-state index in [2.05, 4.69) is 15.6 Å². The average molecular weight is 352 g/mol. The zero-order valence-corrected chi connectivity index (χ0v) is 12.0. The highest BCUT2D eigenvalue weighted by molar-refractivity contribution is 14.0. The maximum absolute atomic E-state index is 6.04. The van der Waals surface area contributed by atoms with Crippen molar-refractivity contribution in [3.8, 4) is 0 Å². The highest BCUT2D eigenvalue weighted by Gasteiger charge is 2.04. The number of hydrogen-bond acceptors (Lipinski definition) is 3. The lowest BCUT2D eigenvalue weighted by molar-refractivity contribution is 0.702. The Hall–Kier alpha value is -0.490. The molecular formula is C11H15ClIN3. The maximum Gasteiger partial charge on any atom is 0.191 e. The summed E-state index contributed by atoms with van der Waals surface area (Å²) >= 11 is 6.04. The van der Waals surface area contributed by atoms with Crippen molar-refractivity contribution in [3.63, 3.8) is 0 Å². The first-order valence-electron chi connectivity index (χ1n) is 5.12. The summed E-state index contributed by atoms with van der Waals surface area (Å²) in [6.07, 6.45) is 1.11. The van der Waals surface area contributed by atoms with Gasteiger partial charge in [-0.15, -0.1) is 24.0 Å². The predicted octanol–water partition coefficient (Wildman–Crippen LogP) is 2.40. The summed E-state index contributed by atoms with van der Waals surface area (Å²) in [6, 6.07) is 7.83. The Labute approximate surface area is 118 Å². The molecule has 0 bridgehead atoms. The molecule has 2 N–H and O–H groups in total. The molecule has 16 heavy (non-hydrogen) atoms. The quantitative estimate of drug-likeness (QED) is 0.803. The maximum atomic E-state index is 6.04. The van der Waals surface area contributed by atoms with Gasteiger partial charge in [0.15, 0.2) is 5.96 Å². The lowest BCUT2D eigenvalue weighted by Crippen LogP contribution is -2.40. The molecule has 0 fully saturated rings. The van der Waals surface area contributed by atoms with Crippen molar-refractivity contribution in [3.05, 3.63) is 34.9 Å². The van der Waals surface area contributed by atoms with Crippen LogP contribution in [0.1, 0.15) is 12.0 Å². The molecule has 0 amide bonds. The van der Waals surface area contributed by atoms with Gasteiger partial charge in [0.05, 0.1) is 0 Å². The van der Waals surface area contributed by atoms with Crippen molar-refractivity contribution >= 4 is 41.5 Å². The molecule has 0 aliphatic carbocycles. The second-order valence-corrected chi connectivity index (χ2v) is 3.86. The van der Waals surface area contributed by atoms with Crippen LogP contribution in [0.2, 0.25) is 5.02 Å². The van der Waals surface area contributed by atoms with Gasteiger partial charge >= 0.3 is 0 Å². The Morgan fingerprint density at radius 2 is 2.19 bits per heavy atom. The molecule has 2 rings (SSSR count). The van der Waals surface area contributed by atoms with E-state index < -0.39 is 0 Å². The SMILES string of the molecule is Clc1ccccc1CNC1=NCCCN1.I. The molecule has 0 spiro atoms. The van der Waals surface area contributed by atoms with E-state index >= 15 is 0 Å². The van der Waals surface area contributed by atoms with E-state index in [1.54, 1.807) is 0 Å². The summed E-state index contributed by atoms with van der Waals surface area (Å²) < 4.78 is 0. The number of rotatable bonds is 2. The summed E-state index contributed by atoms with van der Waals surface area (Å²) in [5, 5.41) is 7.23. The van der Waals surface area contributed by atoms with Crippen molar-refractivity contribution in [1.82, 2.24) is 10.6 Å². The molecule has 0 atom stereocenters. The zero-order valence-electron chi connectivity index (χ0n) is 8.87. The first-order chi connectivity index (χ1) is 7.36. The molecule has 88 valence electrons. The first kappa shape index (κ1) is 13.6. The Balaban J connectivity index is 0.00000128. The third kappa shape index (κ3) is 3.83. The fraction of sp³-hybridized carbons (Fsp3) is 0.364. The van der Waals surface area contributed by atoms with E-state index in [9.17, 15) is 0 Å². The number of nitrogens with one attached hydrogen (secondary N) is 2. The Morgan fingerprint density at radius 1 is 1.38 bits per heavy atom. The van der Waals surface area contributed by atoms with Gasteiger partial charge in [-0.2, -0.15) is 0 Å².